The van der Waals surface area contributed by atoms with Crippen LogP contribution in [-0.2, 0) is 12.8 Å². The summed E-state index contributed by atoms with van der Waals surface area (Å²) < 4.78 is 0. The minimum Gasteiger partial charge on any atom is -0.396 e. The number of pyridine rings is 1. The number of anilines is 1. The maximum atomic E-state index is 9.03. The highest BCUT2D eigenvalue weighted by molar-refractivity contribution is 5.54. The van der Waals surface area contributed by atoms with Crippen molar-refractivity contribution in [1.82, 2.24) is 4.98 Å². The Balaban J connectivity index is 2.20. The first-order valence-corrected chi connectivity index (χ1v) is 5.63. The summed E-state index contributed by atoms with van der Waals surface area (Å²) in [5.41, 5.74) is 2.94. The van der Waals surface area contributed by atoms with Gasteiger partial charge in [-0.2, -0.15) is 5.26 Å². The van der Waals surface area contributed by atoms with Gasteiger partial charge in [-0.25, -0.2) is 4.98 Å². The molecule has 0 amide bonds. The van der Waals surface area contributed by atoms with Crippen LogP contribution in [0.1, 0.15) is 29.7 Å². The molecule has 4 nitrogen and oxygen atoms in total. The maximum Gasteiger partial charge on any atom is 0.144 e. The molecule has 2 rings (SSSR count). The van der Waals surface area contributed by atoms with Gasteiger partial charge in [0.1, 0.15) is 11.9 Å². The molecule has 0 spiro atoms. The van der Waals surface area contributed by atoms with Gasteiger partial charge in [-0.05, 0) is 37.3 Å². The highest BCUT2D eigenvalue weighted by Gasteiger charge is 2.15. The normalized spacial score (nSPS) is 13.2. The summed E-state index contributed by atoms with van der Waals surface area (Å²) >= 11 is 0. The summed E-state index contributed by atoms with van der Waals surface area (Å²) in [5, 5.41) is 20.8. The van der Waals surface area contributed by atoms with Crippen molar-refractivity contribution in [2.24, 2.45) is 0 Å². The SMILES string of the molecule is N#Cc1cc2c(nc1NCCCO)CCC2. The Morgan fingerprint density at radius 3 is 3.12 bits per heavy atom. The van der Waals surface area contributed by atoms with Crippen molar-refractivity contribution in [2.75, 3.05) is 18.5 Å². The Kier molecular flexibility index (Phi) is 3.37. The first kappa shape index (κ1) is 10.9. The van der Waals surface area contributed by atoms with E-state index in [1.807, 2.05) is 6.07 Å². The molecule has 4 heteroatoms. The number of rotatable bonds is 4. The molecule has 0 aliphatic heterocycles. The summed E-state index contributed by atoms with van der Waals surface area (Å²) in [7, 11) is 0. The van der Waals surface area contributed by atoms with Crippen molar-refractivity contribution in [3.8, 4) is 6.07 Å². The number of hydrogen-bond acceptors (Lipinski definition) is 4. The number of nitrogens with one attached hydrogen (secondary N) is 1. The molecule has 84 valence electrons. The van der Waals surface area contributed by atoms with E-state index in [-0.39, 0.29) is 6.61 Å². The lowest BCUT2D eigenvalue weighted by Gasteiger charge is -2.08. The topological polar surface area (TPSA) is 68.9 Å². The van der Waals surface area contributed by atoms with E-state index >= 15 is 0 Å². The second-order valence-electron chi connectivity index (χ2n) is 3.96. The van der Waals surface area contributed by atoms with Gasteiger partial charge in [-0.15, -0.1) is 0 Å². The van der Waals surface area contributed by atoms with E-state index in [4.69, 9.17) is 10.4 Å². The van der Waals surface area contributed by atoms with E-state index in [1.165, 1.54) is 5.56 Å². The number of hydrogen-bond donors (Lipinski definition) is 2. The van der Waals surface area contributed by atoms with Crippen LogP contribution in [0, 0.1) is 11.3 Å². The van der Waals surface area contributed by atoms with Crippen LogP contribution in [0.2, 0.25) is 0 Å². The third-order valence-electron chi connectivity index (χ3n) is 2.80. The summed E-state index contributed by atoms with van der Waals surface area (Å²) in [6.45, 7) is 0.802. The molecule has 0 fully saturated rings. The molecule has 0 unspecified atom stereocenters. The molecule has 1 aliphatic carbocycles. The number of aryl methyl sites for hydroxylation is 2. The lowest BCUT2D eigenvalue weighted by molar-refractivity contribution is 0.292. The molecule has 2 N–H and O–H groups in total. The first-order chi connectivity index (χ1) is 7.85. The van der Waals surface area contributed by atoms with Crippen LogP contribution < -0.4 is 5.32 Å². The summed E-state index contributed by atoms with van der Waals surface area (Å²) in [4.78, 5) is 4.48. The largest absolute Gasteiger partial charge is 0.396 e. The zero-order valence-corrected chi connectivity index (χ0v) is 9.16. The van der Waals surface area contributed by atoms with Crippen LogP contribution in [0.4, 0.5) is 5.82 Å². The molecule has 0 saturated heterocycles. The van der Waals surface area contributed by atoms with Gasteiger partial charge in [0.15, 0.2) is 0 Å². The lowest BCUT2D eigenvalue weighted by atomic mass is 10.1. The molecule has 1 heterocycles. The van der Waals surface area contributed by atoms with Crippen molar-refractivity contribution >= 4 is 5.82 Å². The number of fused-ring (bicyclic) bond motifs is 1. The number of aliphatic hydroxyl groups excluding tert-OH is 1. The van der Waals surface area contributed by atoms with Crippen LogP contribution in [0.5, 0.6) is 0 Å². The van der Waals surface area contributed by atoms with E-state index in [9.17, 15) is 0 Å². The Morgan fingerprint density at radius 2 is 2.38 bits per heavy atom. The minimum atomic E-state index is 0.153. The average Bonchev–Trinajstić information content (AvgIpc) is 2.75. The highest BCUT2D eigenvalue weighted by atomic mass is 16.3. The summed E-state index contributed by atoms with van der Waals surface area (Å²) in [6, 6.07) is 4.11. The molecule has 16 heavy (non-hydrogen) atoms. The fraction of sp³-hybridized carbons (Fsp3) is 0.500. The van der Waals surface area contributed by atoms with Gasteiger partial charge in [0, 0.05) is 18.8 Å². The van der Waals surface area contributed by atoms with Gasteiger partial charge in [-0.3, -0.25) is 0 Å². The van der Waals surface area contributed by atoms with Gasteiger partial charge in [0.25, 0.3) is 0 Å². The standard InChI is InChI=1S/C12H15N3O/c13-8-10-7-9-3-1-4-11(9)15-12(10)14-5-2-6-16/h7,16H,1-6H2,(H,14,15). The van der Waals surface area contributed by atoms with E-state index in [1.54, 1.807) is 0 Å². The van der Waals surface area contributed by atoms with Crippen LogP contribution in [0.3, 0.4) is 0 Å². The van der Waals surface area contributed by atoms with Crippen LogP contribution in [0.15, 0.2) is 6.07 Å². The maximum absolute atomic E-state index is 9.03. The number of nitrogens with zero attached hydrogens (tertiary/aromatic N) is 2. The lowest BCUT2D eigenvalue weighted by Crippen LogP contribution is -2.08. The smallest absolute Gasteiger partial charge is 0.144 e. The second kappa shape index (κ2) is 4.95. The number of aromatic nitrogens is 1. The Labute approximate surface area is 94.9 Å². The zero-order chi connectivity index (χ0) is 11.4. The molecule has 0 atom stereocenters. The molecule has 0 aromatic carbocycles. The third-order valence-corrected chi connectivity index (χ3v) is 2.80. The van der Waals surface area contributed by atoms with Gasteiger partial charge >= 0.3 is 0 Å². The average molecular weight is 217 g/mol. The summed E-state index contributed by atoms with van der Waals surface area (Å²) in [6.07, 6.45) is 3.85. The van der Waals surface area contributed by atoms with E-state index < -0.39 is 0 Å². The molecule has 0 radical (unpaired) electrons. The van der Waals surface area contributed by atoms with Crippen molar-refractivity contribution < 1.29 is 5.11 Å². The van der Waals surface area contributed by atoms with Crippen LogP contribution in [0.25, 0.3) is 0 Å². The highest BCUT2D eigenvalue weighted by Crippen LogP contribution is 2.24. The monoisotopic (exact) mass is 217 g/mol. The third kappa shape index (κ3) is 2.15. The Hall–Kier alpha value is -1.60. The molecule has 0 saturated carbocycles. The van der Waals surface area contributed by atoms with Gasteiger partial charge in [0.05, 0.1) is 5.56 Å². The number of nitriles is 1. The molecular weight excluding hydrogens is 202 g/mol. The van der Waals surface area contributed by atoms with Gasteiger partial charge in [-0.1, -0.05) is 0 Å². The van der Waals surface area contributed by atoms with Crippen molar-refractivity contribution in [1.29, 1.82) is 5.26 Å². The quantitative estimate of drug-likeness (QED) is 0.744. The fourth-order valence-corrected chi connectivity index (χ4v) is 1.98. The van der Waals surface area contributed by atoms with E-state index in [0.29, 0.717) is 24.3 Å². The van der Waals surface area contributed by atoms with Crippen LogP contribution >= 0.6 is 0 Å². The molecular formula is C12H15N3O. The summed E-state index contributed by atoms with van der Waals surface area (Å²) in [5.74, 6) is 0.664. The minimum absolute atomic E-state index is 0.153. The van der Waals surface area contributed by atoms with Crippen molar-refractivity contribution in [3.05, 3.63) is 22.9 Å². The Morgan fingerprint density at radius 1 is 1.50 bits per heavy atom. The van der Waals surface area contributed by atoms with Crippen LogP contribution in [-0.4, -0.2) is 23.2 Å². The zero-order valence-electron chi connectivity index (χ0n) is 9.16. The van der Waals surface area contributed by atoms with Gasteiger partial charge in [0.2, 0.25) is 0 Å². The Bertz CT molecular complexity index is 423. The predicted octanol–water partition coefficient (Wildman–Crippen LogP) is 1.24. The number of aliphatic hydroxyl groups is 1. The van der Waals surface area contributed by atoms with Gasteiger partial charge < -0.3 is 10.4 Å². The second-order valence-corrected chi connectivity index (χ2v) is 3.96. The van der Waals surface area contributed by atoms with Crippen molar-refractivity contribution in [2.45, 2.75) is 25.7 Å². The van der Waals surface area contributed by atoms with Crippen molar-refractivity contribution in [3.63, 3.8) is 0 Å². The van der Waals surface area contributed by atoms with E-state index in [0.717, 1.165) is 25.0 Å². The molecule has 1 aromatic rings. The molecule has 0 bridgehead atoms. The predicted molar refractivity (Wildman–Crippen MR) is 61.2 cm³/mol. The molecule has 1 aliphatic rings. The first-order valence-electron chi connectivity index (χ1n) is 5.63. The fourth-order valence-electron chi connectivity index (χ4n) is 1.98. The molecule has 1 aromatic heterocycles. The van der Waals surface area contributed by atoms with E-state index in [2.05, 4.69) is 16.4 Å².